The highest BCUT2D eigenvalue weighted by molar-refractivity contribution is 7.20. The van der Waals surface area contributed by atoms with Crippen LogP contribution in [-0.4, -0.2) is 19.2 Å². The maximum absolute atomic E-state index is 15.4. The van der Waals surface area contributed by atoms with Gasteiger partial charge in [-0.25, -0.2) is 101 Å². The molecule has 0 fully saturated rings. The van der Waals surface area contributed by atoms with Crippen LogP contribution in [0, 0.1) is 145 Å². The van der Waals surface area contributed by atoms with Crippen molar-refractivity contribution in [2.24, 2.45) is 0 Å². The Hall–Kier alpha value is -5.63. The minimum absolute atomic E-state index is 0.384. The van der Waals surface area contributed by atoms with Crippen LogP contribution >= 0.6 is 0 Å². The molecule has 93 heavy (non-hydrogen) atoms. The Balaban J connectivity index is 0.000000397. The molecule has 5 aromatic carbocycles. The lowest BCUT2D eigenvalue weighted by Crippen LogP contribution is -3.07. The lowest BCUT2D eigenvalue weighted by molar-refractivity contribution is -0.835. The fourth-order valence-corrected chi connectivity index (χ4v) is 11.9. The second-order valence-corrected chi connectivity index (χ2v) is 23.5. The summed E-state index contributed by atoms with van der Waals surface area (Å²) in [5.74, 6) is -80.5. The van der Waals surface area contributed by atoms with Gasteiger partial charge in [0.1, 0.15) is 52.7 Å². The summed E-state index contributed by atoms with van der Waals surface area (Å²) in [6.45, 7) is 5.28. The highest BCUT2D eigenvalue weighted by Gasteiger charge is 2.52. The van der Waals surface area contributed by atoms with Crippen molar-refractivity contribution in [2.75, 3.05) is 13.1 Å². The molecule has 5 rings (SSSR count). The van der Waals surface area contributed by atoms with Crippen LogP contribution in [0.5, 0.6) is 0 Å². The zero-order valence-electron chi connectivity index (χ0n) is 51.6. The van der Waals surface area contributed by atoms with E-state index in [1.54, 1.807) is 0 Å². The summed E-state index contributed by atoms with van der Waals surface area (Å²) in [4.78, 5) is 0.388. The molecule has 522 valence electrons. The number of hydrogen-bond acceptors (Lipinski definition) is 0. The van der Waals surface area contributed by atoms with Gasteiger partial charge >= 0.3 is 0 Å². The number of unbranched alkanes of at least 4 members (excludes halogenated alkanes) is 30. The van der Waals surface area contributed by atoms with E-state index in [0.717, 1.165) is 38.5 Å². The smallest absolute Gasteiger partial charge is 0.225 e. The molecule has 0 saturated heterocycles. The zero-order chi connectivity index (χ0) is 69.4. The third-order valence-electron chi connectivity index (χ3n) is 16.9. The zero-order valence-corrected chi connectivity index (χ0v) is 51.6. The van der Waals surface area contributed by atoms with Crippen molar-refractivity contribution in [3.8, 4) is 0 Å². The maximum Gasteiger partial charge on any atom is 0.225 e. The summed E-state index contributed by atoms with van der Waals surface area (Å²) in [5, 5.41) is 0. The van der Waals surface area contributed by atoms with Crippen molar-refractivity contribution in [2.45, 2.75) is 219 Å². The average molecular weight is 1370 g/mol. The van der Waals surface area contributed by atoms with Crippen molar-refractivity contribution >= 4 is 33.7 Å². The maximum atomic E-state index is 15.4. The molecule has 27 heteroatoms. The van der Waals surface area contributed by atoms with E-state index in [9.17, 15) is 74.6 Å². The molecule has 0 bridgehead atoms. The summed E-state index contributed by atoms with van der Waals surface area (Å²) in [7, 11) is 0. The molecule has 0 unspecified atom stereocenters. The molecule has 0 amide bonds. The topological polar surface area (TPSA) is 4.44 Å². The molecule has 0 heterocycles. The van der Waals surface area contributed by atoms with Gasteiger partial charge in [0.2, 0.25) is 34.8 Å². The summed E-state index contributed by atoms with van der Waals surface area (Å²) >= 11 is 0. The van der Waals surface area contributed by atoms with Gasteiger partial charge in [0.25, 0.3) is 0 Å². The minimum Gasteiger partial charge on any atom is -0.297 e. The standard InChI is InChI=1S/C42H74F5N.C24BF20/c1-3-5-7-9-11-13-15-17-19-21-23-25-27-29-31-33-35-48(42-40(46)38(44)37(43)39(45)41(42)47)36-34-32-30-28-26-24-22-20-18-16-14-12-10-8-6-4-2;26-5-1(6(27)14(35)21(42)13(5)34)25(2-7(28)15(36)22(43)16(37)8(2)29,3-9(30)17(38)23(44)18(39)10(3)31)4-11(32)19(40)24(45)20(41)12(4)33/h3-36H2,1-2H3;/q;-1/p+1. The number of halogens is 25. The molecule has 0 atom stereocenters. The number of rotatable bonds is 39. The molecule has 0 radical (unpaired) electrons. The molecule has 0 saturated carbocycles. The van der Waals surface area contributed by atoms with Crippen molar-refractivity contribution in [3.63, 3.8) is 0 Å². The van der Waals surface area contributed by atoms with Crippen molar-refractivity contribution in [3.05, 3.63) is 145 Å². The van der Waals surface area contributed by atoms with E-state index < -0.39 is 179 Å². The Kier molecular flexibility index (Phi) is 33.3. The first-order valence-electron chi connectivity index (χ1n) is 31.8. The van der Waals surface area contributed by atoms with Gasteiger partial charge in [-0.15, -0.1) is 21.9 Å². The Morgan fingerprint density at radius 2 is 0.301 bits per heavy atom. The molecule has 0 aliphatic carbocycles. The van der Waals surface area contributed by atoms with E-state index >= 15 is 35.1 Å². The molecular weight excluding hydrogens is 1290 g/mol. The third-order valence-corrected chi connectivity index (χ3v) is 16.9. The van der Waals surface area contributed by atoms with Crippen LogP contribution in [0.4, 0.5) is 115 Å². The fourth-order valence-electron chi connectivity index (χ4n) is 11.9. The van der Waals surface area contributed by atoms with E-state index in [1.807, 2.05) is 0 Å². The van der Waals surface area contributed by atoms with Crippen molar-refractivity contribution in [1.29, 1.82) is 0 Å². The summed E-state index contributed by atoms with van der Waals surface area (Å²) in [5.41, 5.74) is -15.0. The molecule has 1 N–H and O–H groups in total. The van der Waals surface area contributed by atoms with E-state index in [0.29, 0.717) is 30.8 Å². The monoisotopic (exact) mass is 1370 g/mol. The van der Waals surface area contributed by atoms with E-state index in [-0.39, 0.29) is 0 Å². The van der Waals surface area contributed by atoms with Crippen LogP contribution in [0.2, 0.25) is 0 Å². The first kappa shape index (κ1) is 79.8. The van der Waals surface area contributed by atoms with E-state index in [2.05, 4.69) is 13.8 Å². The van der Waals surface area contributed by atoms with Gasteiger partial charge in [-0.2, -0.15) is 8.78 Å². The molecule has 0 aliphatic heterocycles. The van der Waals surface area contributed by atoms with E-state index in [4.69, 9.17) is 0 Å². The average Bonchev–Trinajstić information content (AvgIpc) is 0.683. The predicted molar refractivity (Wildman–Crippen MR) is 305 cm³/mol. The van der Waals surface area contributed by atoms with Gasteiger partial charge in [0.05, 0.1) is 13.1 Å². The highest BCUT2D eigenvalue weighted by Crippen LogP contribution is 2.32. The first-order chi connectivity index (χ1) is 44.2. The first-order valence-corrected chi connectivity index (χ1v) is 31.8. The molecule has 5 aromatic rings. The van der Waals surface area contributed by atoms with Crippen LogP contribution in [0.1, 0.15) is 219 Å². The second-order valence-electron chi connectivity index (χ2n) is 23.5. The number of nitrogens with one attached hydrogen (secondary N) is 1. The molecule has 0 aliphatic rings. The van der Waals surface area contributed by atoms with Gasteiger partial charge in [-0.3, -0.25) is 4.90 Å². The van der Waals surface area contributed by atoms with Gasteiger partial charge in [0.15, 0.2) is 69.8 Å². The van der Waals surface area contributed by atoms with Crippen LogP contribution in [-0.2, 0) is 0 Å². The summed E-state index contributed by atoms with van der Waals surface area (Å²) in [6, 6.07) is 0. The SMILES string of the molecule is CCCCCCCCCCCCCCCCCC[NH+](CCCCCCCCCCCCCCCCCC)c1c(F)c(F)c(F)c(F)c1F.Fc1c(F)c(F)c([B-](c2c(F)c(F)c(F)c(F)c2F)(c2c(F)c(F)c(F)c(F)c2F)c2c(F)c(F)c(F)c(F)c2F)c(F)c1F. The minimum atomic E-state index is -7.22. The molecule has 0 spiro atoms. The Morgan fingerprint density at radius 3 is 0.462 bits per heavy atom. The third kappa shape index (κ3) is 19.3. The Bertz CT molecular complexity index is 2780. The van der Waals surface area contributed by atoms with Crippen LogP contribution in [0.25, 0.3) is 0 Å². The van der Waals surface area contributed by atoms with Crippen LogP contribution in [0.3, 0.4) is 0 Å². The van der Waals surface area contributed by atoms with Crippen LogP contribution < -0.4 is 26.8 Å². The Labute approximate surface area is 524 Å². The van der Waals surface area contributed by atoms with Gasteiger partial charge in [-0.1, -0.05) is 194 Å². The number of hydrogen-bond donors (Lipinski definition) is 1. The fraction of sp³-hybridized carbons (Fsp3) is 0.545. The number of benzene rings is 5. The lowest BCUT2D eigenvalue weighted by Gasteiger charge is -2.44. The normalized spacial score (nSPS) is 11.9. The molecule has 0 aromatic heterocycles. The van der Waals surface area contributed by atoms with Crippen molar-refractivity contribution in [1.82, 2.24) is 0 Å². The van der Waals surface area contributed by atoms with Gasteiger partial charge < -0.3 is 0 Å². The number of quaternary nitrogens is 1. The van der Waals surface area contributed by atoms with Crippen molar-refractivity contribution < 1.29 is 115 Å². The van der Waals surface area contributed by atoms with Gasteiger partial charge in [-0.05, 0) is 25.7 Å². The lowest BCUT2D eigenvalue weighted by atomic mass is 9.12. The summed E-state index contributed by atoms with van der Waals surface area (Å²) in [6.07, 6.45) is 32.2. The second kappa shape index (κ2) is 38.8. The predicted octanol–water partition coefficient (Wildman–Crippen LogP) is 20.3. The highest BCUT2D eigenvalue weighted by atomic mass is 19.2. The molecular formula is C66H75BF25N. The largest absolute Gasteiger partial charge is 0.297 e. The summed E-state index contributed by atoms with van der Waals surface area (Å²) < 4.78 is 365. The van der Waals surface area contributed by atoms with Crippen LogP contribution in [0.15, 0.2) is 0 Å². The molecule has 1 nitrogen and oxygen atoms in total. The van der Waals surface area contributed by atoms with E-state index in [1.165, 1.54) is 154 Å². The van der Waals surface area contributed by atoms with Gasteiger partial charge in [0, 0.05) is 0 Å². The quantitative estimate of drug-likeness (QED) is 0.0131. The Morgan fingerprint density at radius 1 is 0.172 bits per heavy atom.